The quantitative estimate of drug-likeness (QED) is 0.853. The predicted molar refractivity (Wildman–Crippen MR) is 78.9 cm³/mol. The summed E-state index contributed by atoms with van der Waals surface area (Å²) in [6, 6.07) is 16.6. The van der Waals surface area contributed by atoms with E-state index in [-0.39, 0.29) is 0 Å². The fraction of sp³-hybridized carbons (Fsp3) is 0.250. The van der Waals surface area contributed by atoms with Gasteiger partial charge in [-0.1, -0.05) is 54.6 Å². The highest BCUT2D eigenvalue weighted by atomic mass is 31.2. The lowest BCUT2D eigenvalue weighted by Crippen LogP contribution is -2.14. The smallest absolute Gasteiger partial charge is 0.236 e. The first-order chi connectivity index (χ1) is 9.59. The van der Waals surface area contributed by atoms with E-state index in [0.717, 1.165) is 11.1 Å². The maximum atomic E-state index is 12.7. The van der Waals surface area contributed by atoms with Crippen LogP contribution in [0.15, 0.2) is 54.6 Å². The van der Waals surface area contributed by atoms with Crippen LogP contribution in [0.2, 0.25) is 0 Å². The van der Waals surface area contributed by atoms with Gasteiger partial charge in [0.1, 0.15) is 0 Å². The summed E-state index contributed by atoms with van der Waals surface area (Å²) in [5.74, 6) is -1.30. The van der Waals surface area contributed by atoms with E-state index in [1.54, 1.807) is 24.3 Å². The molecule has 1 aliphatic carbocycles. The van der Waals surface area contributed by atoms with Crippen molar-refractivity contribution in [2.45, 2.75) is 24.3 Å². The van der Waals surface area contributed by atoms with Gasteiger partial charge in [-0.3, -0.25) is 4.57 Å². The summed E-state index contributed by atoms with van der Waals surface area (Å²) in [5.41, 5.74) is 2.35. The van der Waals surface area contributed by atoms with Crippen molar-refractivity contribution < 1.29 is 14.6 Å². The Balaban J connectivity index is 1.86. The van der Waals surface area contributed by atoms with Crippen LogP contribution in [0.3, 0.4) is 0 Å². The first-order valence-electron chi connectivity index (χ1n) is 6.71. The molecule has 0 heterocycles. The Hall–Kier alpha value is -1.41. The molecule has 4 heteroatoms. The first kappa shape index (κ1) is 13.6. The molecule has 20 heavy (non-hydrogen) atoms. The van der Waals surface area contributed by atoms with E-state index in [9.17, 15) is 14.6 Å². The largest absolute Gasteiger partial charge is 0.378 e. The Labute approximate surface area is 118 Å². The summed E-state index contributed by atoms with van der Waals surface area (Å²) in [6.45, 7) is 0. The van der Waals surface area contributed by atoms with E-state index in [2.05, 4.69) is 0 Å². The van der Waals surface area contributed by atoms with Crippen LogP contribution in [0.25, 0.3) is 0 Å². The zero-order valence-corrected chi connectivity index (χ0v) is 11.9. The van der Waals surface area contributed by atoms with E-state index >= 15 is 0 Å². The molecule has 104 valence electrons. The Kier molecular flexibility index (Phi) is 3.51. The molecule has 3 rings (SSSR count). The minimum Gasteiger partial charge on any atom is -0.378 e. The van der Waals surface area contributed by atoms with Crippen LogP contribution in [0, 0.1) is 0 Å². The van der Waals surface area contributed by atoms with Crippen molar-refractivity contribution >= 4 is 7.37 Å². The second-order valence-corrected chi connectivity index (χ2v) is 7.85. The highest BCUT2D eigenvalue weighted by Gasteiger charge is 2.41. The number of fused-ring (bicyclic) bond motifs is 1. The Morgan fingerprint density at radius 2 is 1.45 bits per heavy atom. The fourth-order valence-electron chi connectivity index (χ4n) is 2.84. The van der Waals surface area contributed by atoms with Crippen LogP contribution in [0.1, 0.15) is 22.5 Å². The molecule has 0 saturated heterocycles. The third-order valence-electron chi connectivity index (χ3n) is 4.00. The Morgan fingerprint density at radius 1 is 0.950 bits per heavy atom. The highest BCUT2D eigenvalue weighted by molar-refractivity contribution is 7.58. The van der Waals surface area contributed by atoms with Gasteiger partial charge in [0.05, 0.1) is 0 Å². The molecular weight excluding hydrogens is 271 g/mol. The van der Waals surface area contributed by atoms with Gasteiger partial charge in [-0.25, -0.2) is 0 Å². The van der Waals surface area contributed by atoms with Crippen LogP contribution < -0.4 is 0 Å². The molecule has 0 spiro atoms. The number of hydrogen-bond acceptors (Lipinski definition) is 2. The van der Waals surface area contributed by atoms with Crippen molar-refractivity contribution in [3.63, 3.8) is 0 Å². The van der Waals surface area contributed by atoms with E-state index in [1.165, 1.54) is 0 Å². The first-order valence-corrected chi connectivity index (χ1v) is 8.51. The molecule has 0 radical (unpaired) electrons. The monoisotopic (exact) mass is 288 g/mol. The standard InChI is InChI=1S/C16H17O3P/c17-16(12-6-2-1-3-7-12)20(18,19)15-10-13-8-4-5-9-14(13)11-15/h1-9,15-17H,10-11H2,(H,18,19)/t16-/m1/s1. The van der Waals surface area contributed by atoms with Gasteiger partial charge in [0, 0.05) is 5.66 Å². The van der Waals surface area contributed by atoms with E-state index in [4.69, 9.17) is 0 Å². The van der Waals surface area contributed by atoms with Crippen LogP contribution >= 0.6 is 7.37 Å². The summed E-state index contributed by atoms with van der Waals surface area (Å²) in [6.07, 6.45) is 1.13. The summed E-state index contributed by atoms with van der Waals surface area (Å²) in [7, 11) is -3.68. The molecule has 0 saturated carbocycles. The third-order valence-corrected chi connectivity index (χ3v) is 6.41. The molecule has 2 aromatic rings. The Morgan fingerprint density at radius 3 is 2.00 bits per heavy atom. The normalized spacial score (nSPS) is 19.3. The average Bonchev–Trinajstić information content (AvgIpc) is 2.92. The third kappa shape index (κ3) is 2.33. The van der Waals surface area contributed by atoms with Crippen molar-refractivity contribution in [2.75, 3.05) is 0 Å². The van der Waals surface area contributed by atoms with E-state index in [0.29, 0.717) is 18.4 Å². The second-order valence-electron chi connectivity index (χ2n) is 5.29. The molecule has 2 atom stereocenters. The zero-order valence-electron chi connectivity index (χ0n) is 11.0. The number of aliphatic hydroxyl groups excluding tert-OH is 1. The van der Waals surface area contributed by atoms with Gasteiger partial charge in [0.2, 0.25) is 7.37 Å². The van der Waals surface area contributed by atoms with Gasteiger partial charge in [-0.15, -0.1) is 0 Å². The Bertz CT molecular complexity index is 629. The van der Waals surface area contributed by atoms with Crippen molar-refractivity contribution in [2.24, 2.45) is 0 Å². The van der Waals surface area contributed by atoms with E-state index < -0.39 is 18.9 Å². The minimum absolute atomic E-state index is 0.393. The topological polar surface area (TPSA) is 57.5 Å². The molecule has 0 bridgehead atoms. The molecule has 1 aliphatic rings. The summed E-state index contributed by atoms with van der Waals surface area (Å²) in [4.78, 5) is 10.4. The number of benzene rings is 2. The van der Waals surface area contributed by atoms with Crippen molar-refractivity contribution in [1.29, 1.82) is 0 Å². The lowest BCUT2D eigenvalue weighted by Gasteiger charge is -2.23. The predicted octanol–water partition coefficient (Wildman–Crippen LogP) is 3.12. The minimum atomic E-state index is -3.68. The van der Waals surface area contributed by atoms with Crippen LogP contribution in [0.5, 0.6) is 0 Å². The maximum absolute atomic E-state index is 12.7. The molecule has 2 aromatic carbocycles. The molecule has 0 fully saturated rings. The summed E-state index contributed by atoms with van der Waals surface area (Å²) >= 11 is 0. The molecule has 0 amide bonds. The van der Waals surface area contributed by atoms with Crippen molar-refractivity contribution in [3.05, 3.63) is 71.3 Å². The van der Waals surface area contributed by atoms with Crippen molar-refractivity contribution in [1.82, 2.24) is 0 Å². The second kappa shape index (κ2) is 5.17. The van der Waals surface area contributed by atoms with Gasteiger partial charge in [0.15, 0.2) is 5.85 Å². The van der Waals surface area contributed by atoms with E-state index in [1.807, 2.05) is 30.3 Å². The molecule has 2 N–H and O–H groups in total. The molecule has 3 nitrogen and oxygen atoms in total. The zero-order chi connectivity index (χ0) is 14.2. The van der Waals surface area contributed by atoms with Gasteiger partial charge < -0.3 is 10.00 Å². The SMILES string of the molecule is O=P(O)(C1Cc2ccccc2C1)[C@@H](O)c1ccccc1. The van der Waals surface area contributed by atoms with Crippen LogP contribution in [-0.4, -0.2) is 15.7 Å². The van der Waals surface area contributed by atoms with Gasteiger partial charge in [-0.2, -0.15) is 0 Å². The number of hydrogen-bond donors (Lipinski definition) is 2. The number of aliphatic hydroxyl groups is 1. The highest BCUT2D eigenvalue weighted by Crippen LogP contribution is 2.60. The fourth-order valence-corrected chi connectivity index (χ4v) is 4.75. The average molecular weight is 288 g/mol. The van der Waals surface area contributed by atoms with Gasteiger partial charge in [0.25, 0.3) is 0 Å². The van der Waals surface area contributed by atoms with Crippen molar-refractivity contribution in [3.8, 4) is 0 Å². The van der Waals surface area contributed by atoms with Gasteiger partial charge >= 0.3 is 0 Å². The molecular formula is C16H17O3P. The molecule has 1 unspecified atom stereocenters. The molecule has 0 aliphatic heterocycles. The summed E-state index contributed by atoms with van der Waals surface area (Å²) in [5, 5.41) is 10.3. The number of rotatable bonds is 3. The van der Waals surface area contributed by atoms with Crippen LogP contribution in [0.4, 0.5) is 0 Å². The maximum Gasteiger partial charge on any atom is 0.236 e. The lowest BCUT2D eigenvalue weighted by atomic mass is 10.1. The summed E-state index contributed by atoms with van der Waals surface area (Å²) < 4.78 is 12.7. The lowest BCUT2D eigenvalue weighted by molar-refractivity contribution is 0.231. The molecule has 0 aromatic heterocycles. The van der Waals surface area contributed by atoms with Gasteiger partial charge in [-0.05, 0) is 29.5 Å². The van der Waals surface area contributed by atoms with Crippen LogP contribution in [-0.2, 0) is 17.4 Å².